The van der Waals surface area contributed by atoms with Crippen LogP contribution in [0.5, 0.6) is 0 Å². The zero-order valence-electron chi connectivity index (χ0n) is 10.0. The van der Waals surface area contributed by atoms with Crippen LogP contribution in [0.15, 0.2) is 18.2 Å². The topological polar surface area (TPSA) is 50.4 Å². The number of unbranched alkanes of at least 4 members (excludes halogenated alkanes) is 1. The summed E-state index contributed by atoms with van der Waals surface area (Å²) in [6, 6.07) is 5.35. The van der Waals surface area contributed by atoms with E-state index in [4.69, 9.17) is 16.3 Å². The van der Waals surface area contributed by atoms with Gasteiger partial charge in [-0.3, -0.25) is 5.32 Å². The fourth-order valence-electron chi connectivity index (χ4n) is 1.31. The zero-order chi connectivity index (χ0) is 12.7. The number of amides is 1. The smallest absolute Gasteiger partial charge is 0.411 e. The van der Waals surface area contributed by atoms with Crippen LogP contribution < -0.4 is 10.6 Å². The van der Waals surface area contributed by atoms with E-state index in [0.717, 1.165) is 18.5 Å². The maximum absolute atomic E-state index is 11.5. The normalized spacial score (nSPS) is 9.82. The third-order valence-electron chi connectivity index (χ3n) is 2.24. The molecular formula is C12H17ClN2O2. The molecule has 1 aromatic rings. The van der Waals surface area contributed by atoms with Crippen LogP contribution in [0.1, 0.15) is 19.8 Å². The molecular weight excluding hydrogens is 240 g/mol. The maximum Gasteiger partial charge on any atom is 0.411 e. The second-order valence-corrected chi connectivity index (χ2v) is 3.93. The Labute approximate surface area is 106 Å². The standard InChI is InChI=1S/C12H17ClN2O2/c1-3-4-8-17-12(16)15-11-9(13)6-5-7-10(11)14-2/h5-7,14H,3-4,8H2,1-2H3,(H,15,16). The quantitative estimate of drug-likeness (QED) is 0.790. The summed E-state index contributed by atoms with van der Waals surface area (Å²) in [5.74, 6) is 0. The number of carbonyl (C=O) groups is 1. The number of rotatable bonds is 5. The van der Waals surface area contributed by atoms with E-state index < -0.39 is 6.09 Å². The summed E-state index contributed by atoms with van der Waals surface area (Å²) >= 11 is 6.00. The summed E-state index contributed by atoms with van der Waals surface area (Å²) in [6.07, 6.45) is 1.36. The van der Waals surface area contributed by atoms with E-state index in [1.54, 1.807) is 13.1 Å². The van der Waals surface area contributed by atoms with Gasteiger partial charge in [-0.1, -0.05) is 31.0 Å². The number of halogens is 1. The van der Waals surface area contributed by atoms with E-state index in [9.17, 15) is 4.79 Å². The van der Waals surface area contributed by atoms with Crippen molar-refractivity contribution >= 4 is 29.1 Å². The van der Waals surface area contributed by atoms with E-state index in [1.807, 2.05) is 19.1 Å². The van der Waals surface area contributed by atoms with E-state index in [-0.39, 0.29) is 0 Å². The summed E-state index contributed by atoms with van der Waals surface area (Å²) in [5, 5.41) is 6.06. The van der Waals surface area contributed by atoms with Crippen LogP contribution in [0.4, 0.5) is 16.2 Å². The molecule has 0 aliphatic carbocycles. The fourth-order valence-corrected chi connectivity index (χ4v) is 1.53. The van der Waals surface area contributed by atoms with Crippen LogP contribution in [-0.2, 0) is 4.74 Å². The van der Waals surface area contributed by atoms with E-state index in [0.29, 0.717) is 17.3 Å². The molecule has 1 rings (SSSR count). The number of anilines is 2. The average Bonchev–Trinajstić information content (AvgIpc) is 2.32. The first kappa shape index (κ1) is 13.6. The summed E-state index contributed by atoms with van der Waals surface area (Å²) in [5.41, 5.74) is 1.29. The molecule has 0 aromatic heterocycles. The molecule has 4 nitrogen and oxygen atoms in total. The van der Waals surface area contributed by atoms with Gasteiger partial charge in [0, 0.05) is 7.05 Å². The minimum absolute atomic E-state index is 0.418. The predicted molar refractivity (Wildman–Crippen MR) is 70.9 cm³/mol. The van der Waals surface area contributed by atoms with Crippen molar-refractivity contribution in [1.29, 1.82) is 0 Å². The maximum atomic E-state index is 11.5. The van der Waals surface area contributed by atoms with Crippen molar-refractivity contribution in [2.45, 2.75) is 19.8 Å². The van der Waals surface area contributed by atoms with Gasteiger partial charge in [-0.15, -0.1) is 0 Å². The van der Waals surface area contributed by atoms with Gasteiger partial charge >= 0.3 is 6.09 Å². The van der Waals surface area contributed by atoms with Crippen molar-refractivity contribution in [2.75, 3.05) is 24.3 Å². The van der Waals surface area contributed by atoms with Gasteiger partial charge in [-0.05, 0) is 18.6 Å². The molecule has 1 aromatic carbocycles. The number of hydrogen-bond donors (Lipinski definition) is 2. The zero-order valence-corrected chi connectivity index (χ0v) is 10.8. The number of nitrogens with one attached hydrogen (secondary N) is 2. The molecule has 0 unspecified atom stereocenters. The third-order valence-corrected chi connectivity index (χ3v) is 2.56. The number of hydrogen-bond acceptors (Lipinski definition) is 3. The lowest BCUT2D eigenvalue weighted by Gasteiger charge is -2.12. The highest BCUT2D eigenvalue weighted by atomic mass is 35.5. The molecule has 0 radical (unpaired) electrons. The molecule has 0 bridgehead atoms. The van der Waals surface area contributed by atoms with Crippen LogP contribution in [0.25, 0.3) is 0 Å². The van der Waals surface area contributed by atoms with E-state index >= 15 is 0 Å². The van der Waals surface area contributed by atoms with E-state index in [1.165, 1.54) is 0 Å². The molecule has 0 saturated heterocycles. The van der Waals surface area contributed by atoms with Crippen molar-refractivity contribution in [3.8, 4) is 0 Å². The van der Waals surface area contributed by atoms with Gasteiger partial charge in [0.05, 0.1) is 23.0 Å². The highest BCUT2D eigenvalue weighted by molar-refractivity contribution is 6.34. The monoisotopic (exact) mass is 256 g/mol. The molecule has 5 heteroatoms. The Hall–Kier alpha value is -1.42. The average molecular weight is 257 g/mol. The highest BCUT2D eigenvalue weighted by Crippen LogP contribution is 2.29. The molecule has 0 aliphatic rings. The number of benzene rings is 1. The van der Waals surface area contributed by atoms with Crippen LogP contribution in [0, 0.1) is 0 Å². The summed E-state index contributed by atoms with van der Waals surface area (Å²) in [4.78, 5) is 11.5. The predicted octanol–water partition coefficient (Wildman–Crippen LogP) is 3.73. The van der Waals surface area contributed by atoms with Crippen molar-refractivity contribution in [2.24, 2.45) is 0 Å². The number of para-hydroxylation sites is 1. The Balaban J connectivity index is 2.64. The lowest BCUT2D eigenvalue weighted by atomic mass is 10.2. The van der Waals surface area contributed by atoms with E-state index in [2.05, 4.69) is 10.6 Å². The van der Waals surface area contributed by atoms with Gasteiger partial charge in [0.15, 0.2) is 0 Å². The molecule has 0 fully saturated rings. The Morgan fingerprint density at radius 2 is 2.24 bits per heavy atom. The molecule has 2 N–H and O–H groups in total. The fraction of sp³-hybridized carbons (Fsp3) is 0.417. The van der Waals surface area contributed by atoms with Gasteiger partial charge < -0.3 is 10.1 Å². The molecule has 0 heterocycles. The van der Waals surface area contributed by atoms with Gasteiger partial charge in [0.1, 0.15) is 0 Å². The summed E-state index contributed by atoms with van der Waals surface area (Å²) in [6.45, 7) is 2.45. The number of carbonyl (C=O) groups excluding carboxylic acids is 1. The molecule has 0 saturated carbocycles. The van der Waals surface area contributed by atoms with Crippen LogP contribution >= 0.6 is 11.6 Å². The molecule has 0 aliphatic heterocycles. The van der Waals surface area contributed by atoms with Crippen molar-refractivity contribution in [3.63, 3.8) is 0 Å². The van der Waals surface area contributed by atoms with Gasteiger partial charge in [0.25, 0.3) is 0 Å². The van der Waals surface area contributed by atoms with Crippen LogP contribution in [0.2, 0.25) is 5.02 Å². The molecule has 17 heavy (non-hydrogen) atoms. The second-order valence-electron chi connectivity index (χ2n) is 3.53. The summed E-state index contributed by atoms with van der Waals surface area (Å²) < 4.78 is 5.00. The second kappa shape index (κ2) is 7.01. The molecule has 1 amide bonds. The Morgan fingerprint density at radius 3 is 2.88 bits per heavy atom. The minimum atomic E-state index is -0.483. The van der Waals surface area contributed by atoms with Crippen molar-refractivity contribution < 1.29 is 9.53 Å². The van der Waals surface area contributed by atoms with Gasteiger partial charge in [-0.2, -0.15) is 0 Å². The van der Waals surface area contributed by atoms with Crippen LogP contribution in [0.3, 0.4) is 0 Å². The molecule has 0 atom stereocenters. The Kier molecular flexibility index (Phi) is 5.63. The largest absolute Gasteiger partial charge is 0.449 e. The van der Waals surface area contributed by atoms with Gasteiger partial charge in [-0.25, -0.2) is 4.79 Å². The Bertz CT molecular complexity index is 383. The highest BCUT2D eigenvalue weighted by Gasteiger charge is 2.10. The SMILES string of the molecule is CCCCOC(=O)Nc1c(Cl)cccc1NC. The molecule has 0 spiro atoms. The first-order chi connectivity index (χ1) is 8.19. The molecule has 94 valence electrons. The lowest BCUT2D eigenvalue weighted by molar-refractivity contribution is 0.160. The van der Waals surface area contributed by atoms with Gasteiger partial charge in [0.2, 0.25) is 0 Å². The first-order valence-corrected chi connectivity index (χ1v) is 5.96. The number of ether oxygens (including phenoxy) is 1. The summed E-state index contributed by atoms with van der Waals surface area (Å²) in [7, 11) is 1.76. The van der Waals surface area contributed by atoms with Crippen molar-refractivity contribution in [3.05, 3.63) is 23.2 Å². The third kappa shape index (κ3) is 4.15. The lowest BCUT2D eigenvalue weighted by Crippen LogP contribution is -2.15. The Morgan fingerprint density at radius 1 is 1.47 bits per heavy atom. The minimum Gasteiger partial charge on any atom is -0.449 e. The first-order valence-electron chi connectivity index (χ1n) is 5.59. The van der Waals surface area contributed by atoms with Crippen LogP contribution in [-0.4, -0.2) is 19.7 Å². The van der Waals surface area contributed by atoms with Crippen molar-refractivity contribution in [1.82, 2.24) is 0 Å².